The molecule has 2 unspecified atom stereocenters. The van der Waals surface area contributed by atoms with Crippen LogP contribution in [0.4, 0.5) is 0 Å². The van der Waals surface area contributed by atoms with Crippen LogP contribution in [-0.4, -0.2) is 47.4 Å². The zero-order valence-corrected chi connectivity index (χ0v) is 23.9. The van der Waals surface area contributed by atoms with E-state index in [-0.39, 0.29) is 42.4 Å². The Morgan fingerprint density at radius 3 is 2.29 bits per heavy atom. The predicted molar refractivity (Wildman–Crippen MR) is 156 cm³/mol. The number of carbonyl (C=O) groups is 3. The Bertz CT molecular complexity index is 1160. The topological polar surface area (TPSA) is 99.1 Å². The van der Waals surface area contributed by atoms with E-state index in [1.165, 1.54) is 0 Å². The number of hydrogen-bond acceptors (Lipinski definition) is 6. The Hall–Kier alpha value is -3.45. The van der Waals surface area contributed by atoms with Gasteiger partial charge in [-0.3, -0.25) is 4.79 Å². The first kappa shape index (κ1) is 30.5. The van der Waals surface area contributed by atoms with Crippen molar-refractivity contribution in [3.8, 4) is 0 Å². The van der Waals surface area contributed by atoms with E-state index in [4.69, 9.17) is 19.3 Å². The van der Waals surface area contributed by atoms with Crippen LogP contribution in [0.25, 0.3) is 0 Å². The lowest BCUT2D eigenvalue weighted by molar-refractivity contribution is -0.137. The molecule has 0 amide bonds. The first-order valence-electron chi connectivity index (χ1n) is 15.0. The number of carboxylic acid groups (broad SMARTS) is 1. The first-order valence-corrected chi connectivity index (χ1v) is 15.0. The van der Waals surface area contributed by atoms with E-state index in [0.717, 1.165) is 44.9 Å². The molecule has 1 N–H and O–H groups in total. The van der Waals surface area contributed by atoms with E-state index in [1.807, 2.05) is 42.5 Å². The van der Waals surface area contributed by atoms with Gasteiger partial charge in [0.05, 0.1) is 17.2 Å². The number of carbonyl (C=O) groups excluding carboxylic acids is 2. The van der Waals surface area contributed by atoms with E-state index in [9.17, 15) is 14.4 Å². The van der Waals surface area contributed by atoms with E-state index >= 15 is 0 Å². The van der Waals surface area contributed by atoms with E-state index in [2.05, 4.69) is 13.0 Å². The Labute approximate surface area is 242 Å². The number of rotatable bonds is 15. The van der Waals surface area contributed by atoms with Crippen molar-refractivity contribution < 1.29 is 33.7 Å². The molecule has 4 rings (SSSR count). The minimum atomic E-state index is -0.836. The maximum atomic E-state index is 13.3. The average molecular weight is 563 g/mol. The van der Waals surface area contributed by atoms with Gasteiger partial charge in [0, 0.05) is 31.3 Å². The van der Waals surface area contributed by atoms with Crippen molar-refractivity contribution in [2.75, 3.05) is 6.61 Å². The van der Waals surface area contributed by atoms with Crippen molar-refractivity contribution in [1.82, 2.24) is 0 Å². The minimum Gasteiger partial charge on any atom is -0.481 e. The van der Waals surface area contributed by atoms with Crippen LogP contribution in [-0.2, 0) is 19.0 Å². The van der Waals surface area contributed by atoms with Crippen LogP contribution in [0.2, 0.25) is 0 Å². The van der Waals surface area contributed by atoms with Gasteiger partial charge >= 0.3 is 17.9 Å². The fourth-order valence-electron chi connectivity index (χ4n) is 6.26. The monoisotopic (exact) mass is 562 g/mol. The molecule has 2 saturated carbocycles. The summed E-state index contributed by atoms with van der Waals surface area (Å²) in [6.07, 6.45) is 11.0. The molecule has 0 aromatic heterocycles. The molecule has 2 aliphatic carbocycles. The largest absolute Gasteiger partial charge is 0.481 e. The van der Waals surface area contributed by atoms with Crippen molar-refractivity contribution in [3.63, 3.8) is 0 Å². The van der Waals surface area contributed by atoms with Crippen LogP contribution in [0.5, 0.6) is 0 Å². The summed E-state index contributed by atoms with van der Waals surface area (Å²) < 4.78 is 18.4. The third kappa shape index (κ3) is 8.29. The van der Waals surface area contributed by atoms with Crippen molar-refractivity contribution in [2.45, 2.75) is 88.9 Å². The lowest BCUT2D eigenvalue weighted by Gasteiger charge is -2.34. The quantitative estimate of drug-likeness (QED) is 0.142. The number of hydrogen-bond donors (Lipinski definition) is 1. The van der Waals surface area contributed by atoms with Gasteiger partial charge in [0.15, 0.2) is 0 Å². The Kier molecular flexibility index (Phi) is 11.1. The summed E-state index contributed by atoms with van der Waals surface area (Å²) in [4.78, 5) is 37.1. The third-order valence-corrected chi connectivity index (χ3v) is 8.34. The summed E-state index contributed by atoms with van der Waals surface area (Å²) in [5.41, 5.74) is 0.308. The van der Waals surface area contributed by atoms with Gasteiger partial charge in [-0.2, -0.15) is 0 Å². The second-order valence-electron chi connectivity index (χ2n) is 11.2. The Morgan fingerprint density at radius 2 is 1.63 bits per heavy atom. The number of fused-ring (bicyclic) bond motifs is 1. The van der Waals surface area contributed by atoms with E-state index < -0.39 is 11.6 Å². The highest BCUT2D eigenvalue weighted by atomic mass is 16.6. The van der Waals surface area contributed by atoms with Crippen molar-refractivity contribution in [3.05, 3.63) is 83.9 Å². The summed E-state index contributed by atoms with van der Waals surface area (Å²) in [7, 11) is 0. The van der Waals surface area contributed by atoms with Gasteiger partial charge in [-0.05, 0) is 68.9 Å². The number of unbranched alkanes of at least 4 members (excludes halogenated alkanes) is 2. The third-order valence-electron chi connectivity index (χ3n) is 8.34. The molecule has 41 heavy (non-hydrogen) atoms. The maximum Gasteiger partial charge on any atom is 0.338 e. The molecule has 2 aliphatic rings. The molecule has 0 heterocycles. The highest BCUT2D eigenvalue weighted by molar-refractivity contribution is 5.90. The number of ether oxygens (including phenoxy) is 3. The Morgan fingerprint density at radius 1 is 0.951 bits per heavy atom. The molecular formula is C34H42O7. The molecule has 2 aromatic carbocycles. The average Bonchev–Trinajstić information content (AvgIpc) is 3.49. The molecule has 0 spiro atoms. The summed E-state index contributed by atoms with van der Waals surface area (Å²) in [5.74, 6) is -1.44. The van der Waals surface area contributed by atoms with Crippen LogP contribution < -0.4 is 0 Å². The highest BCUT2D eigenvalue weighted by Crippen LogP contribution is 2.55. The number of benzene rings is 2. The fraction of sp³-hybridized carbons (Fsp3) is 0.500. The summed E-state index contributed by atoms with van der Waals surface area (Å²) in [5, 5.41) is 8.96. The molecule has 5 atom stereocenters. The molecule has 220 valence electrons. The normalized spacial score (nSPS) is 24.2. The van der Waals surface area contributed by atoms with Gasteiger partial charge in [0.2, 0.25) is 0 Å². The fourth-order valence-corrected chi connectivity index (χ4v) is 6.26. The first-order chi connectivity index (χ1) is 19.9. The number of esters is 2. The molecule has 7 heteroatoms. The highest BCUT2D eigenvalue weighted by Gasteiger charge is 2.58. The molecule has 0 aliphatic heterocycles. The van der Waals surface area contributed by atoms with Crippen LogP contribution in [0.15, 0.2) is 72.8 Å². The molecule has 0 radical (unpaired) electrons. The van der Waals surface area contributed by atoms with E-state index in [1.54, 1.807) is 24.3 Å². The van der Waals surface area contributed by atoms with Gasteiger partial charge in [0.25, 0.3) is 0 Å². The van der Waals surface area contributed by atoms with Crippen molar-refractivity contribution in [1.29, 1.82) is 0 Å². The number of carboxylic acids is 1. The van der Waals surface area contributed by atoms with Gasteiger partial charge in [-0.15, -0.1) is 0 Å². The number of aliphatic carboxylic acids is 1. The summed E-state index contributed by atoms with van der Waals surface area (Å²) in [6.45, 7) is 2.51. The molecule has 7 nitrogen and oxygen atoms in total. The van der Waals surface area contributed by atoms with Gasteiger partial charge in [0.1, 0.15) is 11.7 Å². The van der Waals surface area contributed by atoms with Gasteiger partial charge < -0.3 is 19.3 Å². The second kappa shape index (κ2) is 15.0. The summed E-state index contributed by atoms with van der Waals surface area (Å²) in [6, 6.07) is 18.0. The van der Waals surface area contributed by atoms with Crippen LogP contribution in [0, 0.1) is 11.8 Å². The molecule has 2 fully saturated rings. The minimum absolute atomic E-state index is 0.0446. The molecule has 0 saturated heterocycles. The second-order valence-corrected chi connectivity index (χ2v) is 11.2. The SMILES string of the molecule is CCCCCC(C=C[C@@H]1CC[C@@H]2CC(OCCCC(=O)O)C[C@]21OC(=O)c1ccccc1)OC(=O)c1ccccc1. The molecule has 2 aromatic rings. The predicted octanol–water partition coefficient (Wildman–Crippen LogP) is 7.01. The molecular weight excluding hydrogens is 520 g/mol. The van der Waals surface area contributed by atoms with Crippen LogP contribution >= 0.6 is 0 Å². The lowest BCUT2D eigenvalue weighted by Crippen LogP contribution is -2.41. The zero-order chi connectivity index (χ0) is 29.1. The van der Waals surface area contributed by atoms with Crippen LogP contribution in [0.3, 0.4) is 0 Å². The zero-order valence-electron chi connectivity index (χ0n) is 23.9. The standard InChI is InChI=1S/C34H42O7/c1-2-3-6-16-29(40-32(37)25-12-7-4-8-13-25)21-20-27-18-19-28-23-30(39-22-11-17-31(35)36)24-34(27,28)41-33(38)26-14-9-5-10-15-26/h4-5,7-10,12-15,20-21,27-30H,2-3,6,11,16-19,22-24H2,1H3,(H,35,36)/t27-,28+,29?,30?,34+/m0/s1. The van der Waals surface area contributed by atoms with Crippen molar-refractivity contribution >= 4 is 17.9 Å². The smallest absolute Gasteiger partial charge is 0.338 e. The van der Waals surface area contributed by atoms with Crippen molar-refractivity contribution in [2.24, 2.45) is 11.8 Å². The molecule has 0 bridgehead atoms. The van der Waals surface area contributed by atoms with Gasteiger partial charge in [-0.25, -0.2) is 9.59 Å². The summed E-state index contributed by atoms with van der Waals surface area (Å²) >= 11 is 0. The van der Waals surface area contributed by atoms with E-state index in [0.29, 0.717) is 30.6 Å². The Balaban J connectivity index is 1.52. The maximum absolute atomic E-state index is 13.3. The van der Waals surface area contributed by atoms with Gasteiger partial charge in [-0.1, -0.05) is 62.2 Å². The van der Waals surface area contributed by atoms with Crippen LogP contribution in [0.1, 0.15) is 91.8 Å². The lowest BCUT2D eigenvalue weighted by atomic mass is 9.85.